The maximum absolute atomic E-state index is 12.7. The molecule has 6 nitrogen and oxygen atoms in total. The summed E-state index contributed by atoms with van der Waals surface area (Å²) in [6.45, 7) is 1.55. The predicted molar refractivity (Wildman–Crippen MR) is 88.5 cm³/mol. The summed E-state index contributed by atoms with van der Waals surface area (Å²) in [6, 6.07) is 15.8. The lowest BCUT2D eigenvalue weighted by Crippen LogP contribution is -2.44. The van der Waals surface area contributed by atoms with Crippen LogP contribution in [0.5, 0.6) is 0 Å². The summed E-state index contributed by atoms with van der Waals surface area (Å²) < 4.78 is 5.54. The number of carbonyl (C=O) groups excluding carboxylic acids is 1. The molecule has 1 aliphatic heterocycles. The summed E-state index contributed by atoms with van der Waals surface area (Å²) in [6.07, 6.45) is 0.224. The molecule has 1 aliphatic rings. The van der Waals surface area contributed by atoms with Gasteiger partial charge in [0, 0.05) is 18.7 Å². The number of nitrogens with zero attached hydrogens (tertiary/aromatic N) is 2. The fraction of sp³-hybridized carbons (Fsp3) is 0.278. The maximum Gasteiger partial charge on any atom is 0.269 e. The zero-order valence-electron chi connectivity index (χ0n) is 13.1. The number of nitro benzene ring substituents is 1. The highest BCUT2D eigenvalue weighted by atomic mass is 16.6. The van der Waals surface area contributed by atoms with Crippen molar-refractivity contribution in [1.29, 1.82) is 0 Å². The van der Waals surface area contributed by atoms with Crippen molar-refractivity contribution in [3.8, 4) is 0 Å². The van der Waals surface area contributed by atoms with E-state index in [1.165, 1.54) is 12.1 Å². The van der Waals surface area contributed by atoms with Crippen molar-refractivity contribution < 1.29 is 14.5 Å². The summed E-state index contributed by atoms with van der Waals surface area (Å²) in [5, 5.41) is 10.7. The van der Waals surface area contributed by atoms with E-state index in [4.69, 9.17) is 4.74 Å². The van der Waals surface area contributed by atoms with Gasteiger partial charge < -0.3 is 9.64 Å². The van der Waals surface area contributed by atoms with Gasteiger partial charge in [0.1, 0.15) is 0 Å². The van der Waals surface area contributed by atoms with Gasteiger partial charge in [0.15, 0.2) is 0 Å². The molecule has 0 aromatic heterocycles. The number of nitro groups is 1. The molecule has 0 bridgehead atoms. The predicted octanol–water partition coefficient (Wildman–Crippen LogP) is 2.74. The third-order valence-electron chi connectivity index (χ3n) is 4.14. The third kappa shape index (κ3) is 3.60. The van der Waals surface area contributed by atoms with Crippen LogP contribution in [-0.2, 0) is 16.0 Å². The summed E-state index contributed by atoms with van der Waals surface area (Å²) in [5.74, 6) is 0.000932. The van der Waals surface area contributed by atoms with Gasteiger partial charge in [-0.15, -0.1) is 0 Å². The van der Waals surface area contributed by atoms with E-state index in [-0.39, 0.29) is 24.1 Å². The number of non-ortho nitro benzene ring substituents is 1. The van der Waals surface area contributed by atoms with E-state index in [0.29, 0.717) is 19.8 Å². The Hall–Kier alpha value is -2.73. The lowest BCUT2D eigenvalue weighted by molar-refractivity contribution is -0.384. The number of carbonyl (C=O) groups is 1. The molecule has 0 unspecified atom stereocenters. The molecule has 1 heterocycles. The van der Waals surface area contributed by atoms with Gasteiger partial charge in [-0.25, -0.2) is 0 Å². The first kappa shape index (κ1) is 16.1. The molecule has 1 saturated heterocycles. The van der Waals surface area contributed by atoms with Crippen molar-refractivity contribution >= 4 is 11.6 Å². The smallest absolute Gasteiger partial charge is 0.269 e. The fourth-order valence-electron chi connectivity index (χ4n) is 2.87. The van der Waals surface area contributed by atoms with Crippen LogP contribution in [-0.4, -0.2) is 35.5 Å². The molecule has 124 valence electrons. The van der Waals surface area contributed by atoms with Gasteiger partial charge in [0.2, 0.25) is 5.91 Å². The number of benzene rings is 2. The van der Waals surface area contributed by atoms with Crippen LogP contribution in [0.15, 0.2) is 54.6 Å². The molecule has 2 aromatic carbocycles. The molecule has 24 heavy (non-hydrogen) atoms. The van der Waals surface area contributed by atoms with Crippen LogP contribution in [0.2, 0.25) is 0 Å². The molecule has 0 N–H and O–H groups in total. The molecule has 0 radical (unpaired) electrons. The summed E-state index contributed by atoms with van der Waals surface area (Å²) in [4.78, 5) is 24.8. The van der Waals surface area contributed by atoms with Gasteiger partial charge in [-0.2, -0.15) is 0 Å². The fourth-order valence-corrected chi connectivity index (χ4v) is 2.87. The number of amides is 1. The van der Waals surface area contributed by atoms with Gasteiger partial charge >= 0.3 is 0 Å². The molecule has 3 rings (SSSR count). The summed E-state index contributed by atoms with van der Waals surface area (Å²) >= 11 is 0. The van der Waals surface area contributed by atoms with Crippen LogP contribution in [0.3, 0.4) is 0 Å². The van der Waals surface area contributed by atoms with E-state index in [2.05, 4.69) is 0 Å². The van der Waals surface area contributed by atoms with Crippen LogP contribution in [0, 0.1) is 10.1 Å². The highest BCUT2D eigenvalue weighted by Gasteiger charge is 2.28. The number of rotatable bonds is 4. The minimum Gasteiger partial charge on any atom is -0.377 e. The van der Waals surface area contributed by atoms with Gasteiger partial charge in [-0.05, 0) is 11.1 Å². The summed E-state index contributed by atoms with van der Waals surface area (Å²) in [5.41, 5.74) is 1.85. The zero-order valence-corrected chi connectivity index (χ0v) is 13.1. The second-order valence-electron chi connectivity index (χ2n) is 5.69. The van der Waals surface area contributed by atoms with Gasteiger partial charge in [0.05, 0.1) is 30.6 Å². The van der Waals surface area contributed by atoms with Crippen molar-refractivity contribution in [2.45, 2.75) is 12.5 Å². The van der Waals surface area contributed by atoms with Gasteiger partial charge in [-0.3, -0.25) is 14.9 Å². The van der Waals surface area contributed by atoms with Crippen LogP contribution >= 0.6 is 0 Å². The molecule has 1 amide bonds. The SMILES string of the molecule is O=C(Cc1ccc([N+](=O)[O-])cc1)N1CCOC[C@H]1c1ccccc1. The van der Waals surface area contributed by atoms with E-state index in [0.717, 1.165) is 11.1 Å². The molecule has 2 aromatic rings. The Balaban J connectivity index is 1.73. The Bertz CT molecular complexity index is 716. The first-order chi connectivity index (χ1) is 11.6. The topological polar surface area (TPSA) is 72.7 Å². The first-order valence-corrected chi connectivity index (χ1v) is 7.80. The van der Waals surface area contributed by atoms with Crippen molar-refractivity contribution in [2.24, 2.45) is 0 Å². The first-order valence-electron chi connectivity index (χ1n) is 7.80. The number of ether oxygens (including phenoxy) is 1. The number of hydrogen-bond donors (Lipinski definition) is 0. The van der Waals surface area contributed by atoms with Gasteiger partial charge in [-0.1, -0.05) is 42.5 Å². The molecule has 0 saturated carbocycles. The van der Waals surface area contributed by atoms with Crippen LogP contribution < -0.4 is 0 Å². The molecule has 1 fully saturated rings. The molecule has 6 heteroatoms. The Morgan fingerprint density at radius 2 is 1.88 bits per heavy atom. The van der Waals surface area contributed by atoms with Crippen molar-refractivity contribution in [1.82, 2.24) is 4.90 Å². The van der Waals surface area contributed by atoms with Crippen LogP contribution in [0.1, 0.15) is 17.2 Å². The Morgan fingerprint density at radius 3 is 2.54 bits per heavy atom. The highest BCUT2D eigenvalue weighted by Crippen LogP contribution is 2.25. The zero-order chi connectivity index (χ0) is 16.9. The quantitative estimate of drug-likeness (QED) is 0.640. The van der Waals surface area contributed by atoms with E-state index in [1.807, 2.05) is 35.2 Å². The maximum atomic E-state index is 12.7. The second-order valence-corrected chi connectivity index (χ2v) is 5.69. The normalized spacial score (nSPS) is 17.5. The van der Waals surface area contributed by atoms with E-state index in [1.54, 1.807) is 12.1 Å². The molecule has 0 aliphatic carbocycles. The Kier molecular flexibility index (Phi) is 4.86. The molecule has 1 atom stereocenters. The largest absolute Gasteiger partial charge is 0.377 e. The Morgan fingerprint density at radius 1 is 1.17 bits per heavy atom. The third-order valence-corrected chi connectivity index (χ3v) is 4.14. The summed E-state index contributed by atoms with van der Waals surface area (Å²) in [7, 11) is 0. The van der Waals surface area contributed by atoms with Gasteiger partial charge in [0.25, 0.3) is 5.69 Å². The molecular weight excluding hydrogens is 308 g/mol. The number of hydrogen-bond acceptors (Lipinski definition) is 4. The van der Waals surface area contributed by atoms with Crippen molar-refractivity contribution in [3.63, 3.8) is 0 Å². The van der Waals surface area contributed by atoms with Crippen molar-refractivity contribution in [2.75, 3.05) is 19.8 Å². The lowest BCUT2D eigenvalue weighted by Gasteiger charge is -2.36. The lowest BCUT2D eigenvalue weighted by atomic mass is 10.0. The second kappa shape index (κ2) is 7.23. The minimum atomic E-state index is -0.445. The van der Waals surface area contributed by atoms with E-state index < -0.39 is 4.92 Å². The van der Waals surface area contributed by atoms with E-state index in [9.17, 15) is 14.9 Å². The number of morpholine rings is 1. The van der Waals surface area contributed by atoms with Crippen molar-refractivity contribution in [3.05, 3.63) is 75.8 Å². The standard InChI is InChI=1S/C18H18N2O4/c21-18(12-14-6-8-16(9-7-14)20(22)23)19-10-11-24-13-17(19)15-4-2-1-3-5-15/h1-9,17H,10-13H2/t17-/m0/s1. The molecule has 0 spiro atoms. The Labute approximate surface area is 139 Å². The minimum absolute atomic E-state index is 0.000932. The van der Waals surface area contributed by atoms with E-state index >= 15 is 0 Å². The van der Waals surface area contributed by atoms with Crippen LogP contribution in [0.4, 0.5) is 5.69 Å². The van der Waals surface area contributed by atoms with Crippen LogP contribution in [0.25, 0.3) is 0 Å². The highest BCUT2D eigenvalue weighted by molar-refractivity contribution is 5.79. The average Bonchev–Trinajstić information content (AvgIpc) is 2.63. The molecular formula is C18H18N2O4. The average molecular weight is 326 g/mol. The monoisotopic (exact) mass is 326 g/mol.